The summed E-state index contributed by atoms with van der Waals surface area (Å²) in [5.41, 5.74) is 1.01. The summed E-state index contributed by atoms with van der Waals surface area (Å²) in [5.74, 6) is 0.367. The molecule has 0 saturated carbocycles. The molecule has 1 aromatic carbocycles. The molecule has 0 aliphatic rings. The van der Waals surface area contributed by atoms with Gasteiger partial charge in [-0.15, -0.1) is 0 Å². The van der Waals surface area contributed by atoms with Crippen LogP contribution in [0.15, 0.2) is 55.2 Å². The minimum Gasteiger partial charge on any atom is -0.367 e. The predicted octanol–water partition coefficient (Wildman–Crippen LogP) is 1.41. The Morgan fingerprint density at radius 2 is 1.96 bits per heavy atom. The number of nitro benzene ring substituents is 1. The second-order valence-corrected chi connectivity index (χ2v) is 5.22. The summed E-state index contributed by atoms with van der Waals surface area (Å²) in [4.78, 5) is 30.3. The van der Waals surface area contributed by atoms with Gasteiger partial charge in [-0.3, -0.25) is 19.9 Å². The van der Waals surface area contributed by atoms with Crippen molar-refractivity contribution in [1.29, 1.82) is 0 Å². The fourth-order valence-corrected chi connectivity index (χ4v) is 2.17. The number of non-ortho nitro benzene ring substituents is 1. The maximum Gasteiger partial charge on any atom is 0.269 e. The highest BCUT2D eigenvalue weighted by molar-refractivity contribution is 5.93. The van der Waals surface area contributed by atoms with E-state index in [1.165, 1.54) is 23.0 Å². The van der Waals surface area contributed by atoms with Gasteiger partial charge in [-0.2, -0.15) is 5.10 Å². The van der Waals surface area contributed by atoms with E-state index in [0.717, 1.165) is 0 Å². The van der Waals surface area contributed by atoms with E-state index in [2.05, 4.69) is 25.7 Å². The van der Waals surface area contributed by atoms with Crippen molar-refractivity contribution in [3.8, 4) is 5.69 Å². The Balaban J connectivity index is 1.53. The van der Waals surface area contributed by atoms with Gasteiger partial charge >= 0.3 is 0 Å². The average Bonchev–Trinajstić information content (AvgIpc) is 3.16. The number of carbonyl (C=O) groups is 1. The summed E-state index contributed by atoms with van der Waals surface area (Å²) >= 11 is 0. The summed E-state index contributed by atoms with van der Waals surface area (Å²) in [6.45, 7) is 0.902. The van der Waals surface area contributed by atoms with Gasteiger partial charge in [-0.25, -0.2) is 9.67 Å². The van der Waals surface area contributed by atoms with Gasteiger partial charge in [0.05, 0.1) is 28.6 Å². The highest BCUT2D eigenvalue weighted by atomic mass is 16.6. The quantitative estimate of drug-likeness (QED) is 0.373. The number of nitrogens with zero attached hydrogens (tertiary/aromatic N) is 5. The second kappa shape index (κ2) is 7.83. The Bertz CT molecular complexity index is 894. The molecule has 3 rings (SSSR count). The minimum absolute atomic E-state index is 0.00511. The molecule has 0 spiro atoms. The summed E-state index contributed by atoms with van der Waals surface area (Å²) in [6, 6.07) is 5.90. The molecule has 1 amide bonds. The Morgan fingerprint density at radius 1 is 1.15 bits per heavy atom. The van der Waals surface area contributed by atoms with E-state index in [1.807, 2.05) is 0 Å². The largest absolute Gasteiger partial charge is 0.367 e. The molecule has 2 N–H and O–H groups in total. The number of nitrogens with one attached hydrogen (secondary N) is 2. The Morgan fingerprint density at radius 3 is 2.65 bits per heavy atom. The van der Waals surface area contributed by atoms with E-state index >= 15 is 0 Å². The molecule has 0 saturated heterocycles. The molecule has 0 aliphatic heterocycles. The van der Waals surface area contributed by atoms with Gasteiger partial charge in [0.15, 0.2) is 0 Å². The van der Waals surface area contributed by atoms with Crippen LogP contribution in [0.3, 0.4) is 0 Å². The summed E-state index contributed by atoms with van der Waals surface area (Å²) in [7, 11) is 0. The molecule has 3 aromatic rings. The first-order valence-corrected chi connectivity index (χ1v) is 7.71. The van der Waals surface area contributed by atoms with Crippen LogP contribution in [0.25, 0.3) is 5.69 Å². The smallest absolute Gasteiger partial charge is 0.269 e. The molecular weight excluding hydrogens is 338 g/mol. The van der Waals surface area contributed by atoms with E-state index in [-0.39, 0.29) is 11.6 Å². The van der Waals surface area contributed by atoms with E-state index in [1.54, 1.807) is 36.9 Å². The lowest BCUT2D eigenvalue weighted by atomic mass is 10.3. The van der Waals surface area contributed by atoms with Gasteiger partial charge in [0.25, 0.3) is 11.6 Å². The maximum atomic E-state index is 12.1. The van der Waals surface area contributed by atoms with Gasteiger partial charge in [0.1, 0.15) is 5.82 Å². The lowest BCUT2D eigenvalue weighted by molar-refractivity contribution is -0.384. The number of nitro groups is 1. The van der Waals surface area contributed by atoms with Crippen molar-refractivity contribution in [3.05, 3.63) is 70.9 Å². The predicted molar refractivity (Wildman–Crippen MR) is 93.1 cm³/mol. The van der Waals surface area contributed by atoms with Crippen molar-refractivity contribution in [1.82, 2.24) is 25.1 Å². The van der Waals surface area contributed by atoms with E-state index in [9.17, 15) is 14.9 Å². The zero-order chi connectivity index (χ0) is 18.4. The first kappa shape index (κ1) is 17.0. The summed E-state index contributed by atoms with van der Waals surface area (Å²) in [6.07, 6.45) is 7.75. The number of hydrogen-bond acceptors (Lipinski definition) is 7. The molecule has 132 valence electrons. The number of hydrogen-bond donors (Lipinski definition) is 2. The number of aromatic nitrogens is 4. The van der Waals surface area contributed by atoms with Crippen LogP contribution in [-0.4, -0.2) is 43.7 Å². The van der Waals surface area contributed by atoms with Crippen molar-refractivity contribution in [2.75, 3.05) is 18.4 Å². The SMILES string of the molecule is O=C(NCCNc1cnccn1)c1cnn(-c2ccc([N+](=O)[O-])cc2)c1. The second-order valence-electron chi connectivity index (χ2n) is 5.22. The molecule has 2 heterocycles. The third-order valence-electron chi connectivity index (χ3n) is 3.45. The van der Waals surface area contributed by atoms with Crippen LogP contribution < -0.4 is 10.6 Å². The topological polar surface area (TPSA) is 128 Å². The van der Waals surface area contributed by atoms with Crippen molar-refractivity contribution in [3.63, 3.8) is 0 Å². The Labute approximate surface area is 148 Å². The summed E-state index contributed by atoms with van der Waals surface area (Å²) < 4.78 is 1.48. The lowest BCUT2D eigenvalue weighted by Crippen LogP contribution is -2.28. The molecular formula is C16H15N7O3. The lowest BCUT2D eigenvalue weighted by Gasteiger charge is -2.05. The summed E-state index contributed by atoms with van der Waals surface area (Å²) in [5, 5.41) is 20.6. The first-order valence-electron chi connectivity index (χ1n) is 7.71. The van der Waals surface area contributed by atoms with Crippen molar-refractivity contribution >= 4 is 17.4 Å². The Hall–Kier alpha value is -3.82. The first-order chi connectivity index (χ1) is 12.6. The van der Waals surface area contributed by atoms with Crippen LogP contribution in [-0.2, 0) is 0 Å². The highest BCUT2D eigenvalue weighted by Crippen LogP contribution is 2.15. The number of carbonyl (C=O) groups excluding carboxylic acids is 1. The maximum absolute atomic E-state index is 12.1. The van der Waals surface area contributed by atoms with Crippen LogP contribution in [0.1, 0.15) is 10.4 Å². The molecule has 0 radical (unpaired) electrons. The van der Waals surface area contributed by atoms with E-state index in [4.69, 9.17) is 0 Å². The van der Waals surface area contributed by atoms with Crippen LogP contribution in [0.2, 0.25) is 0 Å². The molecule has 10 heteroatoms. The minimum atomic E-state index is -0.471. The standard InChI is InChI=1S/C16H15N7O3/c24-16(20-8-7-19-15-10-17-5-6-18-15)12-9-21-22(11-12)13-1-3-14(4-2-13)23(25)26/h1-6,9-11H,7-8H2,(H,18,19)(H,20,24). The van der Waals surface area contributed by atoms with Crippen molar-refractivity contribution in [2.45, 2.75) is 0 Å². The van der Waals surface area contributed by atoms with Crippen molar-refractivity contribution in [2.24, 2.45) is 0 Å². The van der Waals surface area contributed by atoms with Gasteiger partial charge in [0, 0.05) is 43.8 Å². The van der Waals surface area contributed by atoms with Gasteiger partial charge in [-0.05, 0) is 12.1 Å². The Kier molecular flexibility index (Phi) is 5.13. The van der Waals surface area contributed by atoms with Gasteiger partial charge in [0.2, 0.25) is 0 Å². The zero-order valence-corrected chi connectivity index (χ0v) is 13.6. The average molecular weight is 353 g/mol. The molecule has 0 atom stereocenters. The monoisotopic (exact) mass is 353 g/mol. The normalized spacial score (nSPS) is 10.3. The molecule has 0 fully saturated rings. The van der Waals surface area contributed by atoms with Crippen LogP contribution in [0.5, 0.6) is 0 Å². The number of benzene rings is 1. The molecule has 26 heavy (non-hydrogen) atoms. The van der Waals surface area contributed by atoms with Gasteiger partial charge in [-0.1, -0.05) is 0 Å². The zero-order valence-electron chi connectivity index (χ0n) is 13.6. The van der Waals surface area contributed by atoms with Gasteiger partial charge < -0.3 is 10.6 Å². The highest BCUT2D eigenvalue weighted by Gasteiger charge is 2.10. The van der Waals surface area contributed by atoms with Crippen molar-refractivity contribution < 1.29 is 9.72 Å². The third-order valence-corrected chi connectivity index (χ3v) is 3.45. The van der Waals surface area contributed by atoms with Crippen LogP contribution in [0.4, 0.5) is 11.5 Å². The van der Waals surface area contributed by atoms with E-state index < -0.39 is 4.92 Å². The molecule has 0 aliphatic carbocycles. The molecule has 2 aromatic heterocycles. The van der Waals surface area contributed by atoms with E-state index in [0.29, 0.717) is 30.2 Å². The molecule has 10 nitrogen and oxygen atoms in total. The molecule has 0 bridgehead atoms. The fraction of sp³-hybridized carbons (Fsp3) is 0.125. The fourth-order valence-electron chi connectivity index (χ4n) is 2.17. The number of anilines is 1. The van der Waals surface area contributed by atoms with Crippen LogP contribution in [0, 0.1) is 10.1 Å². The third kappa shape index (κ3) is 4.17. The number of amides is 1. The number of rotatable bonds is 7. The molecule has 0 unspecified atom stereocenters. The van der Waals surface area contributed by atoms with Crippen LogP contribution >= 0.6 is 0 Å².